The van der Waals surface area contributed by atoms with Crippen LogP contribution in [0.2, 0.25) is 0 Å². The van der Waals surface area contributed by atoms with E-state index in [9.17, 15) is 0 Å². The van der Waals surface area contributed by atoms with Gasteiger partial charge >= 0.3 is 0 Å². The van der Waals surface area contributed by atoms with E-state index in [0.717, 1.165) is 65.1 Å². The summed E-state index contributed by atoms with van der Waals surface area (Å²) >= 11 is 0. The number of nitrogens with zero attached hydrogens (tertiary/aromatic N) is 4. The number of rotatable bonds is 13. The van der Waals surface area contributed by atoms with Gasteiger partial charge in [-0.15, -0.1) is 0 Å². The van der Waals surface area contributed by atoms with Crippen LogP contribution < -0.4 is 14.7 Å². The van der Waals surface area contributed by atoms with Crippen LogP contribution in [0, 0.1) is 0 Å². The lowest BCUT2D eigenvalue weighted by Gasteiger charge is -2.26. The molecule has 0 saturated heterocycles. The fourth-order valence-electron chi connectivity index (χ4n) is 12.9. The molecule has 1 aliphatic carbocycles. The van der Waals surface area contributed by atoms with Crippen molar-refractivity contribution >= 4 is 82.0 Å². The third-order valence-corrected chi connectivity index (χ3v) is 17.3. The van der Waals surface area contributed by atoms with Crippen LogP contribution in [0.15, 0.2) is 255 Å². The summed E-state index contributed by atoms with van der Waals surface area (Å²) in [4.78, 5) is 7.41. The lowest BCUT2D eigenvalue weighted by Crippen LogP contribution is -2.24. The van der Waals surface area contributed by atoms with Crippen LogP contribution in [0.25, 0.3) is 76.0 Å². The summed E-state index contributed by atoms with van der Waals surface area (Å²) < 4.78 is 2.47. The molecule has 13 aromatic rings. The predicted molar refractivity (Wildman–Crippen MR) is 481 cm³/mol. The van der Waals surface area contributed by atoms with Gasteiger partial charge in [-0.2, -0.15) is 0 Å². The van der Waals surface area contributed by atoms with E-state index in [1.165, 1.54) is 121 Å². The monoisotopic (exact) mass is 1400 g/mol. The van der Waals surface area contributed by atoms with Gasteiger partial charge in [0.25, 0.3) is 0 Å². The number of aryl methyl sites for hydroxylation is 2. The average molecular weight is 1400 g/mol. The van der Waals surface area contributed by atoms with Crippen molar-refractivity contribution in [2.24, 2.45) is 0 Å². The molecule has 0 aliphatic heterocycles. The van der Waals surface area contributed by atoms with E-state index in [1.807, 2.05) is 125 Å². The van der Waals surface area contributed by atoms with Gasteiger partial charge in [-0.05, 0) is 139 Å². The maximum atomic E-state index is 2.49. The highest BCUT2D eigenvalue weighted by molar-refractivity contribution is 6.08. The Morgan fingerprint density at radius 2 is 0.462 bits per heavy atom. The fourth-order valence-corrected chi connectivity index (χ4v) is 12.9. The van der Waals surface area contributed by atoms with E-state index in [4.69, 9.17) is 0 Å². The van der Waals surface area contributed by atoms with Gasteiger partial charge in [0.2, 0.25) is 0 Å². The second-order valence-corrected chi connectivity index (χ2v) is 22.1. The number of hydrogen-bond acceptors (Lipinski definition) is 3. The molecule has 1 aromatic heterocycles. The van der Waals surface area contributed by atoms with Gasteiger partial charge in [0.1, 0.15) is 0 Å². The largest absolute Gasteiger partial charge is 0.371 e. The molecule has 1 aliphatic rings. The predicted octanol–water partition coefficient (Wildman–Crippen LogP) is 30.7. The molecule has 4 nitrogen and oxygen atoms in total. The van der Waals surface area contributed by atoms with Crippen LogP contribution in [0.3, 0.4) is 0 Å². The Balaban J connectivity index is 0.000000636. The summed E-state index contributed by atoms with van der Waals surface area (Å²) in [6.07, 6.45) is 3.29. The second-order valence-electron chi connectivity index (χ2n) is 22.1. The highest BCUT2D eigenvalue weighted by atomic mass is 15.1. The summed E-state index contributed by atoms with van der Waals surface area (Å²) in [5, 5.41) is 13.4. The molecule has 14 rings (SSSR count). The molecular formula is C100H140N4. The SMILES string of the molecule is CC.CC.CC.CC.CC.CC.CC.CC.CC.CCN(CC)c1c(Cn2c3ccccc3c3ccccc32)ccc2ccccc12.CCc1ccc2ccccc2c1N(CC)CC.CCc1ccc2ccccc2c1N(CC)CC.c1ccc2c(c1)Cc1ccccc1-2.c1ccc2ccccc2c1. The summed E-state index contributed by atoms with van der Waals surface area (Å²) in [7, 11) is 0. The summed E-state index contributed by atoms with van der Waals surface area (Å²) in [6.45, 7) is 61.0. The number of benzene rings is 12. The molecular weight excluding hydrogens is 1260 g/mol. The number of para-hydroxylation sites is 2. The molecule has 0 fully saturated rings. The molecule has 12 aromatic carbocycles. The Morgan fingerprint density at radius 1 is 0.231 bits per heavy atom. The van der Waals surface area contributed by atoms with Crippen molar-refractivity contribution in [3.8, 4) is 11.1 Å². The van der Waals surface area contributed by atoms with Crippen molar-refractivity contribution in [2.75, 3.05) is 54.0 Å². The van der Waals surface area contributed by atoms with E-state index in [0.29, 0.717) is 0 Å². The van der Waals surface area contributed by atoms with Crippen molar-refractivity contribution in [2.45, 2.75) is 206 Å². The van der Waals surface area contributed by atoms with Crippen LogP contribution in [0.1, 0.15) is 208 Å². The zero-order chi connectivity index (χ0) is 77.8. The van der Waals surface area contributed by atoms with E-state index in [-0.39, 0.29) is 0 Å². The smallest absolute Gasteiger partial charge is 0.0502 e. The van der Waals surface area contributed by atoms with Crippen LogP contribution in [0.4, 0.5) is 17.1 Å². The normalized spacial score (nSPS) is 9.75. The Morgan fingerprint density at radius 3 is 0.750 bits per heavy atom. The molecule has 0 unspecified atom stereocenters. The minimum atomic E-state index is 0.866. The molecule has 560 valence electrons. The van der Waals surface area contributed by atoms with Gasteiger partial charge in [0, 0.05) is 94.3 Å². The van der Waals surface area contributed by atoms with Crippen molar-refractivity contribution in [1.82, 2.24) is 4.57 Å². The number of aromatic nitrogens is 1. The number of anilines is 3. The summed E-state index contributed by atoms with van der Waals surface area (Å²) in [6, 6.07) is 91.3. The van der Waals surface area contributed by atoms with Gasteiger partial charge in [-0.25, -0.2) is 0 Å². The molecule has 0 spiro atoms. The first-order chi connectivity index (χ1) is 51.4. The van der Waals surface area contributed by atoms with Gasteiger partial charge < -0.3 is 19.3 Å². The van der Waals surface area contributed by atoms with Gasteiger partial charge in [0.05, 0.1) is 6.54 Å². The van der Waals surface area contributed by atoms with Gasteiger partial charge in [-0.3, -0.25) is 0 Å². The molecule has 0 amide bonds. The maximum Gasteiger partial charge on any atom is 0.0502 e. The maximum absolute atomic E-state index is 2.49. The molecule has 0 saturated carbocycles. The quantitative estimate of drug-likeness (QED) is 0.114. The van der Waals surface area contributed by atoms with Crippen LogP contribution >= 0.6 is 0 Å². The highest BCUT2D eigenvalue weighted by Crippen LogP contribution is 2.38. The van der Waals surface area contributed by atoms with Crippen LogP contribution in [-0.4, -0.2) is 43.8 Å². The minimum absolute atomic E-state index is 0.866. The van der Waals surface area contributed by atoms with E-state index >= 15 is 0 Å². The first-order valence-corrected chi connectivity index (χ1v) is 40.7. The lowest BCUT2D eigenvalue weighted by molar-refractivity contribution is 0.828. The molecule has 0 atom stereocenters. The Hall–Kier alpha value is -9.12. The van der Waals surface area contributed by atoms with Crippen molar-refractivity contribution in [3.63, 3.8) is 0 Å². The summed E-state index contributed by atoms with van der Waals surface area (Å²) in [5.74, 6) is 0. The van der Waals surface area contributed by atoms with Crippen LogP contribution in [0.5, 0.6) is 0 Å². The standard InChI is InChI=1S/C27H26N2.2C16H21N.C13H10.C10H8.9C2H6/c1-3-28(4-2)27-21(18-17-20-11-5-6-12-22(20)27)19-29-25-15-9-7-13-23(25)24-14-8-10-16-26(24)29;2*1-4-13-11-12-14-9-7-8-10-15(14)16(13)17(5-2)6-3;1-3-7-12-10(5-1)9-11-6-2-4-8-13(11)12;1-2-6-10-8-4-3-7-9(10)5-1;9*1-2/h5-18H,3-4,19H2,1-2H3;2*7-12H,4-6H2,1-3H3;1-8H,9H2;1-8H;9*1-2H3. The zero-order valence-electron chi connectivity index (χ0n) is 70.1. The first-order valence-electron chi connectivity index (χ1n) is 40.7. The molecule has 4 heteroatoms. The van der Waals surface area contributed by atoms with Crippen molar-refractivity contribution in [1.29, 1.82) is 0 Å². The van der Waals surface area contributed by atoms with Crippen molar-refractivity contribution in [3.05, 3.63) is 283 Å². The highest BCUT2D eigenvalue weighted by Gasteiger charge is 2.19. The van der Waals surface area contributed by atoms with Gasteiger partial charge in [0.15, 0.2) is 0 Å². The number of fused-ring (bicyclic) bond motifs is 10. The zero-order valence-corrected chi connectivity index (χ0v) is 70.1. The van der Waals surface area contributed by atoms with E-state index in [1.54, 1.807) is 0 Å². The third kappa shape index (κ3) is 25.1. The average Bonchev–Trinajstić information content (AvgIpc) is 1.45. The lowest BCUT2D eigenvalue weighted by atomic mass is 10.0. The second kappa shape index (κ2) is 55.4. The molecule has 104 heavy (non-hydrogen) atoms. The fraction of sp³-hybridized carbons (Fsp3) is 0.360. The molecule has 0 radical (unpaired) electrons. The van der Waals surface area contributed by atoms with E-state index < -0.39 is 0 Å². The van der Waals surface area contributed by atoms with Crippen LogP contribution in [-0.2, 0) is 25.8 Å². The van der Waals surface area contributed by atoms with Crippen molar-refractivity contribution < 1.29 is 0 Å². The topological polar surface area (TPSA) is 14.7 Å². The summed E-state index contributed by atoms with van der Waals surface area (Å²) in [5.41, 5.74) is 16.9. The Kier molecular flexibility index (Phi) is 49.5. The first kappa shape index (κ1) is 92.9. The Bertz CT molecular complexity index is 4070. The minimum Gasteiger partial charge on any atom is -0.371 e. The third-order valence-electron chi connectivity index (χ3n) is 17.3. The Labute approximate surface area is 636 Å². The molecule has 0 N–H and O–H groups in total. The van der Waals surface area contributed by atoms with E-state index in [2.05, 4.69) is 329 Å². The molecule has 1 heterocycles. The number of hydrogen-bond donors (Lipinski definition) is 0. The van der Waals surface area contributed by atoms with Gasteiger partial charge in [-0.1, -0.05) is 381 Å². The molecule has 0 bridgehead atoms.